The molecule has 1 heterocycles. The number of carbonyl (C=O) groups is 2. The number of furan rings is 1. The van der Waals surface area contributed by atoms with E-state index in [1.165, 1.54) is 6.07 Å². The molecule has 0 saturated carbocycles. The molecule has 2 rings (SSSR count). The van der Waals surface area contributed by atoms with Crippen molar-refractivity contribution in [1.82, 2.24) is 4.90 Å². The lowest BCUT2D eigenvalue weighted by atomic mass is 10.1. The third-order valence-corrected chi connectivity index (χ3v) is 3.74. The summed E-state index contributed by atoms with van der Waals surface area (Å²) in [5.74, 6) is -1.42. The predicted octanol–water partition coefficient (Wildman–Crippen LogP) is 3.79. The Labute approximate surface area is 136 Å². The first-order valence-electron chi connectivity index (χ1n) is 6.75. The van der Waals surface area contributed by atoms with Gasteiger partial charge in [0.15, 0.2) is 5.76 Å². The van der Waals surface area contributed by atoms with E-state index in [4.69, 9.17) is 9.52 Å². The van der Waals surface area contributed by atoms with Gasteiger partial charge in [0.05, 0.1) is 5.56 Å². The van der Waals surface area contributed by atoms with Gasteiger partial charge in [-0.1, -0.05) is 28.1 Å². The number of carbonyl (C=O) groups excluding carboxylic acids is 1. The van der Waals surface area contributed by atoms with Gasteiger partial charge in [0.2, 0.25) is 0 Å². The fraction of sp³-hybridized carbons (Fsp3) is 0.250. The van der Waals surface area contributed by atoms with Crippen molar-refractivity contribution >= 4 is 27.8 Å². The quantitative estimate of drug-likeness (QED) is 0.874. The number of nitrogens with zero attached hydrogens (tertiary/aromatic N) is 1. The van der Waals surface area contributed by atoms with E-state index in [1.54, 1.807) is 4.90 Å². The Hall–Kier alpha value is -2.08. The number of amides is 1. The molecule has 0 aliphatic rings. The first-order chi connectivity index (χ1) is 10.4. The number of rotatable bonds is 5. The minimum atomic E-state index is -1.12. The average Bonchev–Trinajstić information content (AvgIpc) is 2.95. The molecule has 0 unspecified atom stereocenters. The highest BCUT2D eigenvalue weighted by atomic mass is 79.9. The van der Waals surface area contributed by atoms with Gasteiger partial charge in [-0.05, 0) is 31.5 Å². The van der Waals surface area contributed by atoms with Gasteiger partial charge >= 0.3 is 5.97 Å². The number of aromatic carboxylic acids is 1. The summed E-state index contributed by atoms with van der Waals surface area (Å²) in [6.45, 7) is 4.22. The van der Waals surface area contributed by atoms with Crippen molar-refractivity contribution < 1.29 is 19.1 Å². The predicted molar refractivity (Wildman–Crippen MR) is 84.8 cm³/mol. The van der Waals surface area contributed by atoms with E-state index in [1.807, 2.05) is 38.1 Å². The molecule has 1 amide bonds. The molecule has 0 spiro atoms. The molecule has 1 N–H and O–H groups in total. The van der Waals surface area contributed by atoms with E-state index >= 15 is 0 Å². The number of hydrogen-bond acceptors (Lipinski definition) is 3. The lowest BCUT2D eigenvalue weighted by Crippen LogP contribution is -2.36. The zero-order valence-corrected chi connectivity index (χ0v) is 13.8. The molecule has 22 heavy (non-hydrogen) atoms. The minimum absolute atomic E-state index is 0.0308. The van der Waals surface area contributed by atoms with Crippen LogP contribution in [0.5, 0.6) is 0 Å². The summed E-state index contributed by atoms with van der Waals surface area (Å²) >= 11 is 3.37. The molecule has 0 bridgehead atoms. The summed E-state index contributed by atoms with van der Waals surface area (Å²) in [4.78, 5) is 25.0. The highest BCUT2D eigenvalue weighted by Crippen LogP contribution is 2.17. The van der Waals surface area contributed by atoms with Crippen molar-refractivity contribution in [2.75, 3.05) is 0 Å². The summed E-state index contributed by atoms with van der Waals surface area (Å²) in [5, 5.41) is 8.90. The van der Waals surface area contributed by atoms with Crippen molar-refractivity contribution in [3.8, 4) is 0 Å². The van der Waals surface area contributed by atoms with Crippen LogP contribution in [-0.2, 0) is 6.54 Å². The van der Waals surface area contributed by atoms with E-state index in [0.29, 0.717) is 6.54 Å². The number of carboxylic acids is 1. The zero-order valence-electron chi connectivity index (χ0n) is 12.2. The summed E-state index contributed by atoms with van der Waals surface area (Å²) in [6.07, 6.45) is 1.08. The second kappa shape index (κ2) is 6.79. The molecular formula is C16H16BrNO4. The summed E-state index contributed by atoms with van der Waals surface area (Å²) in [5.41, 5.74) is 0.950. The van der Waals surface area contributed by atoms with E-state index in [2.05, 4.69) is 15.9 Å². The van der Waals surface area contributed by atoms with Crippen molar-refractivity contribution in [3.63, 3.8) is 0 Å². The van der Waals surface area contributed by atoms with Gasteiger partial charge in [0.1, 0.15) is 6.26 Å². The van der Waals surface area contributed by atoms with Crippen molar-refractivity contribution in [1.29, 1.82) is 0 Å². The Morgan fingerprint density at radius 3 is 2.41 bits per heavy atom. The second-order valence-electron chi connectivity index (χ2n) is 5.16. The molecule has 0 aliphatic heterocycles. The standard InChI is InChI=1S/C16H16BrNO4/c1-10(2)18(8-11-3-5-13(17)6-4-11)15(19)14-7-12(9-22-14)16(20)21/h3-7,9-10H,8H2,1-2H3,(H,20,21). The van der Waals surface area contributed by atoms with Crippen LogP contribution in [0.25, 0.3) is 0 Å². The molecule has 1 aromatic carbocycles. The van der Waals surface area contributed by atoms with Crippen LogP contribution < -0.4 is 0 Å². The van der Waals surface area contributed by atoms with Gasteiger partial charge in [-0.3, -0.25) is 4.79 Å². The maximum Gasteiger partial charge on any atom is 0.338 e. The van der Waals surface area contributed by atoms with Gasteiger partial charge in [0, 0.05) is 23.1 Å². The molecule has 0 radical (unpaired) electrons. The number of halogens is 1. The van der Waals surface area contributed by atoms with Crippen LogP contribution in [0.2, 0.25) is 0 Å². The van der Waals surface area contributed by atoms with Crippen LogP contribution in [0.1, 0.15) is 40.3 Å². The zero-order chi connectivity index (χ0) is 16.3. The van der Waals surface area contributed by atoms with E-state index < -0.39 is 5.97 Å². The molecule has 2 aromatic rings. The molecule has 0 saturated heterocycles. The normalized spacial score (nSPS) is 10.7. The first kappa shape index (κ1) is 16.3. The van der Waals surface area contributed by atoms with Crippen molar-refractivity contribution in [2.24, 2.45) is 0 Å². The lowest BCUT2D eigenvalue weighted by Gasteiger charge is -2.26. The SMILES string of the molecule is CC(C)N(Cc1ccc(Br)cc1)C(=O)c1cc(C(=O)O)co1. The first-order valence-corrected chi connectivity index (χ1v) is 7.55. The van der Waals surface area contributed by atoms with Gasteiger partial charge in [-0.25, -0.2) is 4.79 Å². The Kier molecular flexibility index (Phi) is 5.03. The van der Waals surface area contributed by atoms with Crippen LogP contribution in [0, 0.1) is 0 Å². The van der Waals surface area contributed by atoms with Gasteiger partial charge in [0.25, 0.3) is 5.91 Å². The molecule has 0 fully saturated rings. The van der Waals surface area contributed by atoms with E-state index in [0.717, 1.165) is 16.3 Å². The summed E-state index contributed by atoms with van der Waals surface area (Å²) in [6, 6.07) is 8.88. The minimum Gasteiger partial charge on any atom is -0.478 e. The Balaban J connectivity index is 2.21. The second-order valence-corrected chi connectivity index (χ2v) is 6.07. The molecular weight excluding hydrogens is 350 g/mol. The monoisotopic (exact) mass is 365 g/mol. The molecule has 0 aliphatic carbocycles. The third-order valence-electron chi connectivity index (χ3n) is 3.21. The van der Waals surface area contributed by atoms with Crippen LogP contribution in [0.4, 0.5) is 0 Å². The molecule has 5 nitrogen and oxygen atoms in total. The number of benzene rings is 1. The van der Waals surface area contributed by atoms with Crippen LogP contribution in [0.15, 0.2) is 45.5 Å². The third kappa shape index (κ3) is 3.76. The fourth-order valence-electron chi connectivity index (χ4n) is 1.98. The van der Waals surface area contributed by atoms with Gasteiger partial charge in [-0.15, -0.1) is 0 Å². The average molecular weight is 366 g/mol. The molecule has 6 heteroatoms. The van der Waals surface area contributed by atoms with Crippen LogP contribution >= 0.6 is 15.9 Å². The van der Waals surface area contributed by atoms with Gasteiger partial charge in [-0.2, -0.15) is 0 Å². The van der Waals surface area contributed by atoms with E-state index in [-0.39, 0.29) is 23.3 Å². The maximum atomic E-state index is 12.5. The highest BCUT2D eigenvalue weighted by Gasteiger charge is 2.23. The molecule has 0 atom stereocenters. The smallest absolute Gasteiger partial charge is 0.338 e. The molecule has 1 aromatic heterocycles. The van der Waals surface area contributed by atoms with Gasteiger partial charge < -0.3 is 14.4 Å². The topological polar surface area (TPSA) is 70.8 Å². The fourth-order valence-corrected chi connectivity index (χ4v) is 2.24. The van der Waals surface area contributed by atoms with Crippen molar-refractivity contribution in [3.05, 3.63) is 58.0 Å². The lowest BCUT2D eigenvalue weighted by molar-refractivity contribution is 0.0655. The summed E-state index contributed by atoms with van der Waals surface area (Å²) < 4.78 is 6.06. The number of hydrogen-bond donors (Lipinski definition) is 1. The number of carboxylic acid groups (broad SMARTS) is 1. The molecule has 116 valence electrons. The van der Waals surface area contributed by atoms with Crippen LogP contribution in [0.3, 0.4) is 0 Å². The highest BCUT2D eigenvalue weighted by molar-refractivity contribution is 9.10. The Morgan fingerprint density at radius 2 is 1.91 bits per heavy atom. The van der Waals surface area contributed by atoms with Crippen LogP contribution in [-0.4, -0.2) is 27.9 Å². The Bertz CT molecular complexity index is 676. The Morgan fingerprint density at radius 1 is 1.27 bits per heavy atom. The van der Waals surface area contributed by atoms with Crippen molar-refractivity contribution in [2.45, 2.75) is 26.4 Å². The van der Waals surface area contributed by atoms with E-state index in [9.17, 15) is 9.59 Å². The summed E-state index contributed by atoms with van der Waals surface area (Å²) in [7, 11) is 0. The maximum absolute atomic E-state index is 12.5. The largest absolute Gasteiger partial charge is 0.478 e.